The fourth-order valence-electron chi connectivity index (χ4n) is 3.54. The lowest BCUT2D eigenvalue weighted by Gasteiger charge is -2.35. The molecule has 1 aliphatic heterocycles. The zero-order valence-electron chi connectivity index (χ0n) is 15.2. The molecule has 1 N–H and O–H groups in total. The molecule has 0 aliphatic carbocycles. The van der Waals surface area contributed by atoms with E-state index in [4.69, 9.17) is 4.74 Å². The van der Waals surface area contributed by atoms with E-state index >= 15 is 0 Å². The van der Waals surface area contributed by atoms with Gasteiger partial charge in [0.15, 0.2) is 0 Å². The highest BCUT2D eigenvalue weighted by Gasteiger charge is 2.29. The number of hydrogen-bond acceptors (Lipinski definition) is 4. The summed E-state index contributed by atoms with van der Waals surface area (Å²) < 4.78 is 5.31. The standard InChI is InChI=1S/C21H25NO3S/c1-15-10-17(21(23)24)14-22(12-15)13-16-6-3-4-9-20(16)26-19-8-5-7-18(11-19)25-2/h3-9,11,15,17H,10,12-14H2,1-2H3,(H,23,24). The third-order valence-electron chi connectivity index (χ3n) is 4.72. The Labute approximate surface area is 159 Å². The molecular formula is C21H25NO3S. The molecule has 0 spiro atoms. The van der Waals surface area contributed by atoms with E-state index in [9.17, 15) is 9.90 Å². The number of ether oxygens (including phenoxy) is 1. The Bertz CT molecular complexity index is 764. The van der Waals surface area contributed by atoms with Crippen LogP contribution >= 0.6 is 11.8 Å². The number of carboxylic acid groups (broad SMARTS) is 1. The largest absolute Gasteiger partial charge is 0.497 e. The third kappa shape index (κ3) is 4.80. The van der Waals surface area contributed by atoms with Gasteiger partial charge in [-0.15, -0.1) is 0 Å². The van der Waals surface area contributed by atoms with E-state index in [1.54, 1.807) is 18.9 Å². The summed E-state index contributed by atoms with van der Waals surface area (Å²) in [5.74, 6) is 0.308. The van der Waals surface area contributed by atoms with Gasteiger partial charge in [0.1, 0.15) is 5.75 Å². The van der Waals surface area contributed by atoms with Crippen LogP contribution < -0.4 is 4.74 Å². The second-order valence-corrected chi connectivity index (χ2v) is 8.07. The Morgan fingerprint density at radius 1 is 1.23 bits per heavy atom. The van der Waals surface area contributed by atoms with Gasteiger partial charge >= 0.3 is 5.97 Å². The molecule has 0 amide bonds. The van der Waals surface area contributed by atoms with Gasteiger partial charge in [-0.2, -0.15) is 0 Å². The van der Waals surface area contributed by atoms with Crippen LogP contribution in [0.25, 0.3) is 0 Å². The average molecular weight is 372 g/mol. The highest BCUT2D eigenvalue weighted by molar-refractivity contribution is 7.99. The van der Waals surface area contributed by atoms with Crippen molar-refractivity contribution in [1.82, 2.24) is 4.90 Å². The van der Waals surface area contributed by atoms with Gasteiger partial charge in [0.25, 0.3) is 0 Å². The number of carbonyl (C=O) groups is 1. The second kappa shape index (κ2) is 8.60. The van der Waals surface area contributed by atoms with Gasteiger partial charge < -0.3 is 9.84 Å². The molecule has 0 saturated carbocycles. The molecule has 1 fully saturated rings. The van der Waals surface area contributed by atoms with Crippen molar-refractivity contribution in [1.29, 1.82) is 0 Å². The molecule has 138 valence electrons. The summed E-state index contributed by atoms with van der Waals surface area (Å²) in [6.45, 7) is 4.49. The van der Waals surface area contributed by atoms with Crippen LogP contribution in [0, 0.1) is 11.8 Å². The first-order valence-electron chi connectivity index (χ1n) is 8.90. The maximum absolute atomic E-state index is 11.4. The number of benzene rings is 2. The minimum absolute atomic E-state index is 0.267. The Kier molecular flexibility index (Phi) is 6.22. The summed E-state index contributed by atoms with van der Waals surface area (Å²) >= 11 is 1.72. The fourth-order valence-corrected chi connectivity index (χ4v) is 4.52. The van der Waals surface area contributed by atoms with E-state index < -0.39 is 5.97 Å². The van der Waals surface area contributed by atoms with Crippen LogP contribution in [0.3, 0.4) is 0 Å². The van der Waals surface area contributed by atoms with Crippen molar-refractivity contribution >= 4 is 17.7 Å². The first-order valence-corrected chi connectivity index (χ1v) is 9.71. The Balaban J connectivity index is 1.75. The van der Waals surface area contributed by atoms with E-state index in [2.05, 4.69) is 30.0 Å². The van der Waals surface area contributed by atoms with Gasteiger partial charge in [-0.3, -0.25) is 9.69 Å². The highest BCUT2D eigenvalue weighted by Crippen LogP contribution is 2.33. The van der Waals surface area contributed by atoms with Crippen molar-refractivity contribution in [3.63, 3.8) is 0 Å². The molecule has 2 unspecified atom stereocenters. The number of aliphatic carboxylic acids is 1. The number of piperidine rings is 1. The summed E-state index contributed by atoms with van der Waals surface area (Å²) in [7, 11) is 1.67. The van der Waals surface area contributed by atoms with Crippen LogP contribution in [-0.2, 0) is 11.3 Å². The second-order valence-electron chi connectivity index (χ2n) is 6.96. The molecule has 0 aromatic heterocycles. The predicted molar refractivity (Wildman–Crippen MR) is 104 cm³/mol. The van der Waals surface area contributed by atoms with Crippen molar-refractivity contribution in [2.75, 3.05) is 20.2 Å². The molecule has 1 aliphatic rings. The smallest absolute Gasteiger partial charge is 0.307 e. The molecule has 5 heteroatoms. The lowest BCUT2D eigenvalue weighted by Crippen LogP contribution is -2.42. The van der Waals surface area contributed by atoms with E-state index in [-0.39, 0.29) is 5.92 Å². The van der Waals surface area contributed by atoms with Crippen LogP contribution in [0.2, 0.25) is 0 Å². The normalized spacial score (nSPS) is 20.7. The summed E-state index contributed by atoms with van der Waals surface area (Å²) in [5, 5.41) is 9.40. The van der Waals surface area contributed by atoms with E-state index in [1.807, 2.05) is 30.3 Å². The minimum atomic E-state index is -0.680. The monoisotopic (exact) mass is 371 g/mol. The van der Waals surface area contributed by atoms with Gasteiger partial charge in [-0.1, -0.05) is 43.0 Å². The van der Waals surface area contributed by atoms with Crippen molar-refractivity contribution in [3.8, 4) is 5.75 Å². The molecule has 0 bridgehead atoms. The first kappa shape index (κ1) is 18.8. The van der Waals surface area contributed by atoms with Crippen LogP contribution in [0.1, 0.15) is 18.9 Å². The fraction of sp³-hybridized carbons (Fsp3) is 0.381. The Morgan fingerprint density at radius 2 is 2.04 bits per heavy atom. The molecule has 1 heterocycles. The minimum Gasteiger partial charge on any atom is -0.497 e. The molecule has 2 aromatic carbocycles. The molecule has 26 heavy (non-hydrogen) atoms. The summed E-state index contributed by atoms with van der Waals surface area (Å²) in [5.41, 5.74) is 1.23. The van der Waals surface area contributed by atoms with Crippen LogP contribution in [0.15, 0.2) is 58.3 Å². The van der Waals surface area contributed by atoms with Crippen molar-refractivity contribution < 1.29 is 14.6 Å². The Morgan fingerprint density at radius 3 is 2.81 bits per heavy atom. The Hall–Kier alpha value is -1.98. The molecular weight excluding hydrogens is 346 g/mol. The summed E-state index contributed by atoms with van der Waals surface area (Å²) in [6.07, 6.45) is 0.770. The van der Waals surface area contributed by atoms with Gasteiger partial charge in [0, 0.05) is 29.4 Å². The molecule has 0 radical (unpaired) electrons. The maximum atomic E-state index is 11.4. The number of likely N-dealkylation sites (tertiary alicyclic amines) is 1. The summed E-state index contributed by atoms with van der Waals surface area (Å²) in [6, 6.07) is 16.4. The number of hydrogen-bond donors (Lipinski definition) is 1. The number of carboxylic acids is 1. The lowest BCUT2D eigenvalue weighted by atomic mass is 9.90. The SMILES string of the molecule is COc1cccc(Sc2ccccc2CN2CC(C)CC(C(=O)O)C2)c1. The maximum Gasteiger partial charge on any atom is 0.307 e. The number of methoxy groups -OCH3 is 1. The van der Waals surface area contributed by atoms with Gasteiger partial charge in [-0.25, -0.2) is 0 Å². The van der Waals surface area contributed by atoms with E-state index in [0.29, 0.717) is 12.5 Å². The summed E-state index contributed by atoms with van der Waals surface area (Å²) in [4.78, 5) is 16.0. The van der Waals surface area contributed by atoms with Crippen LogP contribution in [-0.4, -0.2) is 36.2 Å². The average Bonchev–Trinajstić information content (AvgIpc) is 2.63. The first-order chi connectivity index (χ1) is 12.5. The van der Waals surface area contributed by atoms with Crippen molar-refractivity contribution in [3.05, 3.63) is 54.1 Å². The quantitative estimate of drug-likeness (QED) is 0.816. The topological polar surface area (TPSA) is 49.8 Å². The molecule has 4 nitrogen and oxygen atoms in total. The molecule has 1 saturated heterocycles. The molecule has 2 aromatic rings. The zero-order valence-corrected chi connectivity index (χ0v) is 16.0. The van der Waals surface area contributed by atoms with Crippen molar-refractivity contribution in [2.24, 2.45) is 11.8 Å². The number of rotatable bonds is 6. The van der Waals surface area contributed by atoms with E-state index in [1.165, 1.54) is 10.5 Å². The van der Waals surface area contributed by atoms with Gasteiger partial charge in [0.05, 0.1) is 13.0 Å². The predicted octanol–water partition coefficient (Wildman–Crippen LogP) is 4.39. The van der Waals surface area contributed by atoms with Gasteiger partial charge in [0.2, 0.25) is 0 Å². The molecule has 2 atom stereocenters. The zero-order chi connectivity index (χ0) is 18.5. The highest BCUT2D eigenvalue weighted by atomic mass is 32.2. The van der Waals surface area contributed by atoms with Crippen LogP contribution in [0.4, 0.5) is 0 Å². The van der Waals surface area contributed by atoms with Crippen LogP contribution in [0.5, 0.6) is 5.75 Å². The lowest BCUT2D eigenvalue weighted by molar-refractivity contribution is -0.144. The molecule has 3 rings (SSSR count). The van der Waals surface area contributed by atoms with E-state index in [0.717, 1.165) is 30.2 Å². The van der Waals surface area contributed by atoms with Crippen molar-refractivity contribution in [2.45, 2.75) is 29.7 Å². The third-order valence-corrected chi connectivity index (χ3v) is 5.83. The van der Waals surface area contributed by atoms with Gasteiger partial charge in [-0.05, 0) is 42.2 Å². The number of nitrogens with zero attached hydrogens (tertiary/aromatic N) is 1.